The molecule has 0 bridgehead atoms. The van der Waals surface area contributed by atoms with Crippen LogP contribution in [-0.2, 0) is 17.9 Å². The Balaban J connectivity index is 1.63. The number of hydrogen-bond acceptors (Lipinski definition) is 6. The minimum Gasteiger partial charge on any atom is -0.481 e. The molecule has 7 nitrogen and oxygen atoms in total. The maximum Gasteiger partial charge on any atom is 0.212 e. The van der Waals surface area contributed by atoms with Crippen LogP contribution in [0.3, 0.4) is 0 Å². The van der Waals surface area contributed by atoms with Crippen LogP contribution in [0.2, 0.25) is 5.15 Å². The lowest BCUT2D eigenvalue weighted by Crippen LogP contribution is -2.08. The van der Waals surface area contributed by atoms with Crippen LogP contribution in [0.5, 0.6) is 5.88 Å². The number of aromatic nitrogens is 5. The predicted molar refractivity (Wildman–Crippen MR) is 117 cm³/mol. The van der Waals surface area contributed by atoms with E-state index >= 15 is 0 Å². The van der Waals surface area contributed by atoms with Crippen molar-refractivity contribution in [1.82, 2.24) is 23.9 Å². The van der Waals surface area contributed by atoms with E-state index in [0.29, 0.717) is 24.2 Å². The quantitative estimate of drug-likeness (QED) is 0.385. The van der Waals surface area contributed by atoms with Gasteiger partial charge in [-0.3, -0.25) is 4.40 Å². The molecular formula is C21H18ClN5O2S. The average molecular weight is 440 g/mol. The summed E-state index contributed by atoms with van der Waals surface area (Å²) in [5.74, 6) is 1.42. The molecule has 0 saturated heterocycles. The third-order valence-electron chi connectivity index (χ3n) is 5.00. The zero-order valence-electron chi connectivity index (χ0n) is 16.4. The molecule has 0 unspecified atom stereocenters. The van der Waals surface area contributed by atoms with Crippen LogP contribution in [0.4, 0.5) is 0 Å². The Morgan fingerprint density at radius 3 is 2.73 bits per heavy atom. The highest BCUT2D eigenvalue weighted by molar-refractivity contribution is 7.15. The fourth-order valence-corrected chi connectivity index (χ4v) is 4.55. The molecule has 0 spiro atoms. The molecule has 0 radical (unpaired) electrons. The van der Waals surface area contributed by atoms with Crippen LogP contribution < -0.4 is 4.74 Å². The van der Waals surface area contributed by atoms with Crippen molar-refractivity contribution in [1.29, 1.82) is 0 Å². The van der Waals surface area contributed by atoms with E-state index in [4.69, 9.17) is 26.1 Å². The van der Waals surface area contributed by atoms with Gasteiger partial charge in [-0.1, -0.05) is 17.7 Å². The van der Waals surface area contributed by atoms with Crippen molar-refractivity contribution >= 4 is 38.9 Å². The lowest BCUT2D eigenvalue weighted by Gasteiger charge is -2.10. The molecule has 9 heteroatoms. The molecule has 0 aliphatic heterocycles. The summed E-state index contributed by atoms with van der Waals surface area (Å²) in [5.41, 5.74) is 4.86. The number of hydrogen-bond donors (Lipinski definition) is 0. The number of thiazole rings is 1. The topological polar surface area (TPSA) is 66.5 Å². The first kappa shape index (κ1) is 19.0. The summed E-state index contributed by atoms with van der Waals surface area (Å²) in [6, 6.07) is 10.0. The van der Waals surface area contributed by atoms with Gasteiger partial charge >= 0.3 is 0 Å². The number of benzene rings is 1. The Bertz CT molecular complexity index is 1340. The molecule has 152 valence electrons. The van der Waals surface area contributed by atoms with Crippen molar-refractivity contribution in [3.63, 3.8) is 0 Å². The van der Waals surface area contributed by atoms with E-state index in [-0.39, 0.29) is 0 Å². The Hall–Kier alpha value is -2.94. The van der Waals surface area contributed by atoms with E-state index in [2.05, 4.69) is 20.6 Å². The summed E-state index contributed by atoms with van der Waals surface area (Å²) < 4.78 is 14.7. The molecule has 30 heavy (non-hydrogen) atoms. The second-order valence-electron chi connectivity index (χ2n) is 6.74. The monoisotopic (exact) mass is 439 g/mol. The van der Waals surface area contributed by atoms with Crippen LogP contribution in [-0.4, -0.2) is 38.1 Å². The lowest BCUT2D eigenvalue weighted by atomic mass is 10.1. The fraction of sp³-hybridized carbons (Fsp3) is 0.190. The van der Waals surface area contributed by atoms with Gasteiger partial charge in [0.05, 0.1) is 30.4 Å². The number of fused-ring (bicyclic) bond motifs is 2. The van der Waals surface area contributed by atoms with Crippen molar-refractivity contribution in [2.45, 2.75) is 13.2 Å². The molecule has 0 fully saturated rings. The molecule has 4 aromatic heterocycles. The Morgan fingerprint density at radius 1 is 1.10 bits per heavy atom. The molecule has 0 aliphatic carbocycles. The molecule has 0 aliphatic rings. The predicted octanol–water partition coefficient (Wildman–Crippen LogP) is 4.66. The summed E-state index contributed by atoms with van der Waals surface area (Å²) in [6.07, 6.45) is 3.79. The second-order valence-corrected chi connectivity index (χ2v) is 7.98. The largest absolute Gasteiger partial charge is 0.481 e. The lowest BCUT2D eigenvalue weighted by molar-refractivity contribution is 0.175. The minimum absolute atomic E-state index is 0.400. The summed E-state index contributed by atoms with van der Waals surface area (Å²) >= 11 is 8.01. The molecule has 0 N–H and O–H groups in total. The first-order valence-corrected chi connectivity index (χ1v) is 10.5. The fourth-order valence-electron chi connectivity index (χ4n) is 3.54. The summed E-state index contributed by atoms with van der Waals surface area (Å²) in [4.78, 5) is 14.4. The van der Waals surface area contributed by atoms with Gasteiger partial charge in [0.1, 0.15) is 12.4 Å². The highest BCUT2D eigenvalue weighted by Gasteiger charge is 2.17. The Kier molecular flexibility index (Phi) is 4.90. The van der Waals surface area contributed by atoms with E-state index in [0.717, 1.165) is 38.6 Å². The van der Waals surface area contributed by atoms with E-state index in [1.54, 1.807) is 31.8 Å². The molecule has 0 saturated carbocycles. The van der Waals surface area contributed by atoms with Crippen molar-refractivity contribution in [3.8, 4) is 17.0 Å². The van der Waals surface area contributed by atoms with Gasteiger partial charge in [0.2, 0.25) is 5.88 Å². The third kappa shape index (κ3) is 3.23. The van der Waals surface area contributed by atoms with Crippen molar-refractivity contribution in [2.24, 2.45) is 0 Å². The number of halogens is 1. The van der Waals surface area contributed by atoms with E-state index in [1.807, 2.05) is 40.2 Å². The van der Waals surface area contributed by atoms with Gasteiger partial charge in [-0.2, -0.15) is 0 Å². The number of rotatable bonds is 6. The normalized spacial score (nSPS) is 11.6. The number of imidazole rings is 2. The first-order chi connectivity index (χ1) is 14.7. The van der Waals surface area contributed by atoms with Crippen molar-refractivity contribution in [2.75, 3.05) is 14.2 Å². The molecule has 4 heterocycles. The number of methoxy groups -OCH3 is 2. The van der Waals surface area contributed by atoms with Crippen LogP contribution in [0.25, 0.3) is 27.1 Å². The minimum atomic E-state index is 0.400. The van der Waals surface area contributed by atoms with Crippen LogP contribution in [0, 0.1) is 0 Å². The van der Waals surface area contributed by atoms with E-state index < -0.39 is 0 Å². The molecule has 0 amide bonds. The van der Waals surface area contributed by atoms with Gasteiger partial charge in [-0.15, -0.1) is 11.3 Å². The highest BCUT2D eigenvalue weighted by Crippen LogP contribution is 2.28. The molecule has 5 aromatic rings. The highest BCUT2D eigenvalue weighted by atomic mass is 35.5. The maximum absolute atomic E-state index is 6.45. The SMILES string of the molecule is COCc1nc2ccc(-c3ccc(OC)nc3)cc2n1Cc1c(Cl)nc2sccn12. The maximum atomic E-state index is 6.45. The smallest absolute Gasteiger partial charge is 0.212 e. The molecule has 1 aromatic carbocycles. The zero-order chi connectivity index (χ0) is 20.7. The van der Waals surface area contributed by atoms with Crippen molar-refractivity contribution in [3.05, 3.63) is 64.8 Å². The zero-order valence-corrected chi connectivity index (χ0v) is 17.9. The molecule has 5 rings (SSSR count). The van der Waals surface area contributed by atoms with Crippen molar-refractivity contribution < 1.29 is 9.47 Å². The molecule has 0 atom stereocenters. The average Bonchev–Trinajstić information content (AvgIpc) is 3.43. The van der Waals surface area contributed by atoms with Gasteiger partial charge in [-0.05, 0) is 23.8 Å². The number of pyridine rings is 1. The van der Waals surface area contributed by atoms with Gasteiger partial charge < -0.3 is 14.0 Å². The number of nitrogens with zero attached hydrogens (tertiary/aromatic N) is 5. The third-order valence-corrected chi connectivity index (χ3v) is 6.06. The van der Waals surface area contributed by atoms with E-state index in [9.17, 15) is 0 Å². The van der Waals surface area contributed by atoms with Crippen LogP contribution >= 0.6 is 22.9 Å². The molecular weight excluding hydrogens is 422 g/mol. The first-order valence-electron chi connectivity index (χ1n) is 9.26. The standard InChI is InChI=1S/C21H18ClN5O2S/c1-28-12-18-24-15-5-3-13(14-4-6-19(29-2)23-10-14)9-16(15)27(18)11-17-20(22)25-21-26(17)7-8-30-21/h3-10H,11-12H2,1-2H3. The van der Waals surface area contributed by atoms with Crippen LogP contribution in [0.1, 0.15) is 11.5 Å². The Labute approximate surface area is 181 Å². The summed E-state index contributed by atoms with van der Waals surface area (Å²) in [6.45, 7) is 0.938. The van der Waals surface area contributed by atoms with Gasteiger partial charge in [0.25, 0.3) is 0 Å². The van der Waals surface area contributed by atoms with Gasteiger partial charge in [-0.25, -0.2) is 15.0 Å². The number of ether oxygens (including phenoxy) is 2. The Morgan fingerprint density at radius 2 is 1.97 bits per heavy atom. The summed E-state index contributed by atoms with van der Waals surface area (Å²) in [5, 5.41) is 2.50. The van der Waals surface area contributed by atoms with Crippen LogP contribution in [0.15, 0.2) is 48.1 Å². The van der Waals surface area contributed by atoms with E-state index in [1.165, 1.54) is 0 Å². The second kappa shape index (κ2) is 7.71. The summed E-state index contributed by atoms with van der Waals surface area (Å²) in [7, 11) is 3.27. The van der Waals surface area contributed by atoms with Gasteiger partial charge in [0.15, 0.2) is 10.1 Å². The van der Waals surface area contributed by atoms with Gasteiger partial charge in [0, 0.05) is 36.5 Å².